The van der Waals surface area contributed by atoms with Gasteiger partial charge in [0.25, 0.3) is 0 Å². The van der Waals surface area contributed by atoms with Crippen LogP contribution in [0.2, 0.25) is 0 Å². The molecular formula is C14H16N2O4S. The smallest absolute Gasteiger partial charge is 0.327 e. The number of carboxylic acids is 1. The number of benzene rings is 1. The molecule has 2 amide bonds. The maximum absolute atomic E-state index is 12.4. The second-order valence-corrected chi connectivity index (χ2v) is 6.12. The molecule has 2 heterocycles. The topological polar surface area (TPSA) is 78.9 Å². The summed E-state index contributed by atoms with van der Waals surface area (Å²) in [6.07, 6.45) is 0. The molecule has 112 valence electrons. The van der Waals surface area contributed by atoms with Gasteiger partial charge in [-0.3, -0.25) is 0 Å². The molecule has 0 spiro atoms. The fourth-order valence-electron chi connectivity index (χ4n) is 2.57. The first-order valence-electron chi connectivity index (χ1n) is 6.76. The van der Waals surface area contributed by atoms with E-state index in [0.29, 0.717) is 18.9 Å². The third kappa shape index (κ3) is 2.78. The van der Waals surface area contributed by atoms with Gasteiger partial charge >= 0.3 is 12.0 Å². The van der Waals surface area contributed by atoms with Crippen molar-refractivity contribution in [3.05, 3.63) is 29.8 Å². The SMILES string of the molecule is O=C(O)C1CSCCN1C(=O)NC1COc2ccccc21. The number of nitrogens with one attached hydrogen (secondary N) is 1. The van der Waals surface area contributed by atoms with Gasteiger partial charge in [-0.15, -0.1) is 0 Å². The lowest BCUT2D eigenvalue weighted by molar-refractivity contribution is -0.141. The predicted octanol–water partition coefficient (Wildman–Crippen LogP) is 1.33. The normalized spacial score (nSPS) is 24.1. The van der Waals surface area contributed by atoms with Crippen LogP contribution in [0.1, 0.15) is 11.6 Å². The molecular weight excluding hydrogens is 292 g/mol. The molecule has 2 atom stereocenters. The van der Waals surface area contributed by atoms with Crippen LogP contribution in [-0.2, 0) is 4.79 Å². The van der Waals surface area contributed by atoms with Gasteiger partial charge in [-0.1, -0.05) is 18.2 Å². The van der Waals surface area contributed by atoms with Crippen molar-refractivity contribution in [1.82, 2.24) is 10.2 Å². The molecule has 1 fully saturated rings. The maximum Gasteiger partial charge on any atom is 0.327 e. The number of thioether (sulfide) groups is 1. The number of carboxylic acid groups (broad SMARTS) is 1. The van der Waals surface area contributed by atoms with Crippen LogP contribution in [0.15, 0.2) is 24.3 Å². The van der Waals surface area contributed by atoms with Gasteiger partial charge in [-0.05, 0) is 6.07 Å². The van der Waals surface area contributed by atoms with E-state index in [9.17, 15) is 14.7 Å². The first kappa shape index (κ1) is 14.1. The van der Waals surface area contributed by atoms with Crippen LogP contribution in [0.5, 0.6) is 5.75 Å². The van der Waals surface area contributed by atoms with Gasteiger partial charge in [0, 0.05) is 23.6 Å². The van der Waals surface area contributed by atoms with Gasteiger partial charge in [0.15, 0.2) is 0 Å². The molecule has 3 rings (SSSR count). The first-order valence-corrected chi connectivity index (χ1v) is 7.91. The van der Waals surface area contributed by atoms with Crippen LogP contribution in [-0.4, -0.2) is 52.7 Å². The van der Waals surface area contributed by atoms with Crippen molar-refractivity contribution in [3.63, 3.8) is 0 Å². The summed E-state index contributed by atoms with van der Waals surface area (Å²) in [5.74, 6) is 1.00. The summed E-state index contributed by atoms with van der Waals surface area (Å²) in [7, 11) is 0. The van der Waals surface area contributed by atoms with E-state index in [1.165, 1.54) is 4.90 Å². The molecule has 6 nitrogen and oxygen atoms in total. The van der Waals surface area contributed by atoms with E-state index in [0.717, 1.165) is 17.1 Å². The Hall–Kier alpha value is -1.89. The number of para-hydroxylation sites is 1. The minimum absolute atomic E-state index is 0.224. The number of amides is 2. The molecule has 0 bridgehead atoms. The van der Waals surface area contributed by atoms with Gasteiger partial charge in [0.2, 0.25) is 0 Å². The number of rotatable bonds is 2. The Kier molecular flexibility index (Phi) is 3.92. The number of fused-ring (bicyclic) bond motifs is 1. The summed E-state index contributed by atoms with van der Waals surface area (Å²) in [6, 6.07) is 6.22. The summed E-state index contributed by atoms with van der Waals surface area (Å²) in [5.41, 5.74) is 0.934. The second kappa shape index (κ2) is 5.85. The van der Waals surface area contributed by atoms with E-state index >= 15 is 0 Å². The minimum Gasteiger partial charge on any atom is -0.491 e. The molecule has 0 aliphatic carbocycles. The lowest BCUT2D eigenvalue weighted by Gasteiger charge is -2.33. The van der Waals surface area contributed by atoms with Crippen molar-refractivity contribution in [3.8, 4) is 5.75 Å². The molecule has 1 aromatic rings. The number of urea groups is 1. The molecule has 0 aromatic heterocycles. The molecule has 21 heavy (non-hydrogen) atoms. The highest BCUT2D eigenvalue weighted by Gasteiger charge is 2.34. The Morgan fingerprint density at radius 2 is 2.19 bits per heavy atom. The Bertz CT molecular complexity index is 566. The zero-order valence-corrected chi connectivity index (χ0v) is 12.1. The van der Waals surface area contributed by atoms with E-state index in [2.05, 4.69) is 5.32 Å². The number of ether oxygens (including phenoxy) is 1. The summed E-state index contributed by atoms with van der Waals surface area (Å²) >= 11 is 1.56. The number of nitrogens with zero attached hydrogens (tertiary/aromatic N) is 1. The Balaban J connectivity index is 1.70. The fourth-order valence-corrected chi connectivity index (χ4v) is 3.60. The molecule has 2 aliphatic rings. The third-order valence-corrected chi connectivity index (χ3v) is 4.69. The predicted molar refractivity (Wildman–Crippen MR) is 78.7 cm³/mol. The molecule has 2 unspecified atom stereocenters. The van der Waals surface area contributed by atoms with Crippen LogP contribution in [0.25, 0.3) is 0 Å². The van der Waals surface area contributed by atoms with Crippen LogP contribution < -0.4 is 10.1 Å². The Morgan fingerprint density at radius 3 is 3.00 bits per heavy atom. The lowest BCUT2D eigenvalue weighted by atomic mass is 10.1. The van der Waals surface area contributed by atoms with Gasteiger partial charge < -0.3 is 20.1 Å². The molecule has 0 saturated carbocycles. The van der Waals surface area contributed by atoms with Crippen molar-refractivity contribution >= 4 is 23.8 Å². The highest BCUT2D eigenvalue weighted by Crippen LogP contribution is 2.32. The minimum atomic E-state index is -0.958. The molecule has 1 saturated heterocycles. The van der Waals surface area contributed by atoms with Gasteiger partial charge in [-0.25, -0.2) is 9.59 Å². The highest BCUT2D eigenvalue weighted by atomic mass is 32.2. The summed E-state index contributed by atoms with van der Waals surface area (Å²) in [5, 5.41) is 12.1. The zero-order chi connectivity index (χ0) is 14.8. The number of carbonyl (C=O) groups excluding carboxylic acids is 1. The van der Waals surface area contributed by atoms with E-state index in [1.54, 1.807) is 11.8 Å². The van der Waals surface area contributed by atoms with E-state index in [-0.39, 0.29) is 12.1 Å². The zero-order valence-electron chi connectivity index (χ0n) is 11.3. The molecule has 2 aliphatic heterocycles. The van der Waals surface area contributed by atoms with Gasteiger partial charge in [-0.2, -0.15) is 11.8 Å². The number of hydrogen-bond donors (Lipinski definition) is 2. The van der Waals surface area contributed by atoms with E-state index in [1.807, 2.05) is 24.3 Å². The average molecular weight is 308 g/mol. The number of aliphatic carboxylic acids is 1. The van der Waals surface area contributed by atoms with Gasteiger partial charge in [0.1, 0.15) is 18.4 Å². The molecule has 2 N–H and O–H groups in total. The summed E-state index contributed by atoms with van der Waals surface area (Å²) < 4.78 is 5.52. The van der Waals surface area contributed by atoms with E-state index in [4.69, 9.17) is 4.74 Å². The first-order chi connectivity index (χ1) is 10.2. The molecule has 0 radical (unpaired) electrons. The second-order valence-electron chi connectivity index (χ2n) is 4.97. The van der Waals surface area contributed by atoms with Gasteiger partial charge in [0.05, 0.1) is 6.04 Å². The van der Waals surface area contributed by atoms with Crippen LogP contribution in [0.3, 0.4) is 0 Å². The lowest BCUT2D eigenvalue weighted by Crippen LogP contribution is -2.54. The average Bonchev–Trinajstić information content (AvgIpc) is 2.90. The number of hydrogen-bond acceptors (Lipinski definition) is 4. The summed E-state index contributed by atoms with van der Waals surface area (Å²) in [4.78, 5) is 25.0. The Labute approximate surface area is 126 Å². The standard InChI is InChI=1S/C14H16N2O4S/c17-13(18)11-8-21-6-5-16(11)14(19)15-10-7-20-12-4-2-1-3-9(10)12/h1-4,10-11H,5-8H2,(H,15,19)(H,17,18). The maximum atomic E-state index is 12.4. The summed E-state index contributed by atoms with van der Waals surface area (Å²) in [6.45, 7) is 0.827. The van der Waals surface area contributed by atoms with Crippen LogP contribution in [0.4, 0.5) is 4.79 Å². The van der Waals surface area contributed by atoms with Crippen molar-refractivity contribution < 1.29 is 19.4 Å². The Morgan fingerprint density at radius 1 is 1.38 bits per heavy atom. The third-order valence-electron chi connectivity index (χ3n) is 3.67. The fraction of sp³-hybridized carbons (Fsp3) is 0.429. The molecule has 7 heteroatoms. The van der Waals surface area contributed by atoms with E-state index < -0.39 is 12.0 Å². The molecule has 1 aromatic carbocycles. The van der Waals surface area contributed by atoms with Crippen molar-refractivity contribution in [2.24, 2.45) is 0 Å². The van der Waals surface area contributed by atoms with Crippen molar-refractivity contribution in [1.29, 1.82) is 0 Å². The monoisotopic (exact) mass is 308 g/mol. The number of carbonyl (C=O) groups is 2. The highest BCUT2D eigenvalue weighted by molar-refractivity contribution is 7.99. The van der Waals surface area contributed by atoms with Crippen LogP contribution in [0, 0.1) is 0 Å². The quantitative estimate of drug-likeness (QED) is 0.862. The van der Waals surface area contributed by atoms with Crippen molar-refractivity contribution in [2.45, 2.75) is 12.1 Å². The largest absolute Gasteiger partial charge is 0.491 e. The van der Waals surface area contributed by atoms with Crippen LogP contribution >= 0.6 is 11.8 Å². The van der Waals surface area contributed by atoms with Crippen molar-refractivity contribution in [2.75, 3.05) is 24.7 Å².